The van der Waals surface area contributed by atoms with E-state index in [1.54, 1.807) is 21.3 Å². The topological polar surface area (TPSA) is 68.8 Å². The number of amides is 1. The molecule has 122 valence electrons. The van der Waals surface area contributed by atoms with Gasteiger partial charge < -0.3 is 24.8 Å². The van der Waals surface area contributed by atoms with E-state index in [9.17, 15) is 4.79 Å². The van der Waals surface area contributed by atoms with Crippen LogP contribution in [0.5, 0.6) is 17.2 Å². The van der Waals surface area contributed by atoms with E-state index < -0.39 is 0 Å². The molecule has 0 bridgehead atoms. The van der Waals surface area contributed by atoms with Crippen molar-refractivity contribution in [1.29, 1.82) is 0 Å². The van der Waals surface area contributed by atoms with Crippen molar-refractivity contribution >= 4 is 5.91 Å². The molecule has 2 N–H and O–H groups in total. The molecule has 0 aromatic heterocycles. The Kier molecular flexibility index (Phi) is 5.89. The lowest BCUT2D eigenvalue weighted by Crippen LogP contribution is -2.40. The van der Waals surface area contributed by atoms with Gasteiger partial charge in [-0.3, -0.25) is 4.79 Å². The van der Waals surface area contributed by atoms with Gasteiger partial charge in [-0.1, -0.05) is 0 Å². The quantitative estimate of drug-likeness (QED) is 0.830. The lowest BCUT2D eigenvalue weighted by Gasteiger charge is -2.22. The van der Waals surface area contributed by atoms with Gasteiger partial charge in [-0.2, -0.15) is 0 Å². The lowest BCUT2D eigenvalue weighted by atomic mass is 9.99. The molecule has 0 radical (unpaired) electrons. The number of methoxy groups -OCH3 is 3. The van der Waals surface area contributed by atoms with Crippen LogP contribution in [0.25, 0.3) is 0 Å². The van der Waals surface area contributed by atoms with Gasteiger partial charge in [0.1, 0.15) is 0 Å². The van der Waals surface area contributed by atoms with E-state index in [-0.39, 0.29) is 11.8 Å². The van der Waals surface area contributed by atoms with E-state index in [0.717, 1.165) is 31.5 Å². The van der Waals surface area contributed by atoms with Gasteiger partial charge in [-0.25, -0.2) is 0 Å². The Hall–Kier alpha value is -1.95. The molecule has 0 unspecified atom stereocenters. The first-order valence-corrected chi connectivity index (χ1v) is 7.47. The second kappa shape index (κ2) is 7.89. The number of piperidine rings is 1. The standard InChI is InChI=1S/C16H24N2O4/c1-20-13-7-11(8-14(21-2)15(13)22-3)9-18-16(19)12-5-4-6-17-10-12/h7-8,12,17H,4-6,9-10H2,1-3H3,(H,18,19)/t12-/m1/s1. The predicted octanol–water partition coefficient (Wildman–Crippen LogP) is 1.33. The molecule has 1 saturated heterocycles. The van der Waals surface area contributed by atoms with Crippen LogP contribution in [0.2, 0.25) is 0 Å². The van der Waals surface area contributed by atoms with Crippen molar-refractivity contribution in [1.82, 2.24) is 10.6 Å². The van der Waals surface area contributed by atoms with Gasteiger partial charge in [-0.15, -0.1) is 0 Å². The molecule has 2 rings (SSSR count). The third-order valence-corrected chi connectivity index (χ3v) is 3.86. The van der Waals surface area contributed by atoms with E-state index in [2.05, 4.69) is 10.6 Å². The second-order valence-corrected chi connectivity index (χ2v) is 5.29. The van der Waals surface area contributed by atoms with Crippen molar-refractivity contribution < 1.29 is 19.0 Å². The molecular formula is C16H24N2O4. The zero-order valence-corrected chi connectivity index (χ0v) is 13.4. The molecule has 1 heterocycles. The monoisotopic (exact) mass is 308 g/mol. The molecule has 1 fully saturated rings. The van der Waals surface area contributed by atoms with Gasteiger partial charge in [0, 0.05) is 13.1 Å². The van der Waals surface area contributed by atoms with Crippen molar-refractivity contribution in [3.05, 3.63) is 17.7 Å². The number of nitrogens with one attached hydrogen (secondary N) is 2. The molecule has 1 aromatic rings. The molecular weight excluding hydrogens is 284 g/mol. The number of ether oxygens (including phenoxy) is 3. The van der Waals surface area contributed by atoms with Gasteiger partial charge >= 0.3 is 0 Å². The van der Waals surface area contributed by atoms with Gasteiger partial charge in [0.25, 0.3) is 0 Å². The Morgan fingerprint density at radius 3 is 2.41 bits per heavy atom. The first-order chi connectivity index (χ1) is 10.7. The summed E-state index contributed by atoms with van der Waals surface area (Å²) in [4.78, 5) is 12.2. The fourth-order valence-corrected chi connectivity index (χ4v) is 2.65. The van der Waals surface area contributed by atoms with E-state index in [1.807, 2.05) is 12.1 Å². The molecule has 1 aliphatic rings. The van der Waals surface area contributed by atoms with Gasteiger partial charge in [0.15, 0.2) is 11.5 Å². The van der Waals surface area contributed by atoms with E-state index in [4.69, 9.17) is 14.2 Å². The molecule has 1 aromatic carbocycles. The van der Waals surface area contributed by atoms with Crippen LogP contribution in [-0.4, -0.2) is 40.3 Å². The predicted molar refractivity (Wildman–Crippen MR) is 83.5 cm³/mol. The van der Waals surface area contributed by atoms with Crippen molar-refractivity contribution in [3.63, 3.8) is 0 Å². The van der Waals surface area contributed by atoms with Gasteiger partial charge in [0.05, 0.1) is 27.2 Å². The number of hydrogen-bond acceptors (Lipinski definition) is 5. The minimum Gasteiger partial charge on any atom is -0.493 e. The number of carbonyl (C=O) groups is 1. The molecule has 1 amide bonds. The number of rotatable bonds is 6. The average molecular weight is 308 g/mol. The Labute approximate surface area is 131 Å². The van der Waals surface area contributed by atoms with E-state index >= 15 is 0 Å². The summed E-state index contributed by atoms with van der Waals surface area (Å²) in [6.45, 7) is 2.18. The maximum atomic E-state index is 12.2. The molecule has 22 heavy (non-hydrogen) atoms. The number of carbonyl (C=O) groups excluding carboxylic acids is 1. The van der Waals surface area contributed by atoms with E-state index in [0.29, 0.717) is 23.8 Å². The Morgan fingerprint density at radius 1 is 1.23 bits per heavy atom. The summed E-state index contributed by atoms with van der Waals surface area (Å²) in [7, 11) is 4.72. The van der Waals surface area contributed by atoms with Crippen molar-refractivity contribution in [2.45, 2.75) is 19.4 Å². The summed E-state index contributed by atoms with van der Waals surface area (Å²) in [6, 6.07) is 3.70. The summed E-state index contributed by atoms with van der Waals surface area (Å²) in [5.41, 5.74) is 0.909. The van der Waals surface area contributed by atoms with Crippen molar-refractivity contribution in [2.75, 3.05) is 34.4 Å². The summed E-state index contributed by atoms with van der Waals surface area (Å²) < 4.78 is 15.9. The van der Waals surface area contributed by atoms with Crippen LogP contribution in [-0.2, 0) is 11.3 Å². The highest BCUT2D eigenvalue weighted by Crippen LogP contribution is 2.38. The number of hydrogen-bond donors (Lipinski definition) is 2. The highest BCUT2D eigenvalue weighted by atomic mass is 16.5. The zero-order valence-electron chi connectivity index (χ0n) is 13.4. The maximum absolute atomic E-state index is 12.2. The van der Waals surface area contributed by atoms with Crippen LogP contribution in [0.3, 0.4) is 0 Å². The van der Waals surface area contributed by atoms with Gasteiger partial charge in [0.2, 0.25) is 11.7 Å². The summed E-state index contributed by atoms with van der Waals surface area (Å²) in [5.74, 6) is 1.86. The van der Waals surface area contributed by atoms with E-state index in [1.165, 1.54) is 0 Å². The van der Waals surface area contributed by atoms with Crippen LogP contribution >= 0.6 is 0 Å². The normalized spacial score (nSPS) is 17.7. The summed E-state index contributed by atoms with van der Waals surface area (Å²) in [6.07, 6.45) is 1.98. The van der Waals surface area contributed by atoms with Crippen LogP contribution in [0, 0.1) is 5.92 Å². The number of benzene rings is 1. The van der Waals surface area contributed by atoms with Crippen LogP contribution in [0.1, 0.15) is 18.4 Å². The Morgan fingerprint density at radius 2 is 1.91 bits per heavy atom. The fourth-order valence-electron chi connectivity index (χ4n) is 2.65. The van der Waals surface area contributed by atoms with Crippen LogP contribution in [0.15, 0.2) is 12.1 Å². The summed E-state index contributed by atoms with van der Waals surface area (Å²) >= 11 is 0. The highest BCUT2D eigenvalue weighted by molar-refractivity contribution is 5.79. The fraction of sp³-hybridized carbons (Fsp3) is 0.562. The first kappa shape index (κ1) is 16.4. The third-order valence-electron chi connectivity index (χ3n) is 3.86. The molecule has 6 heteroatoms. The van der Waals surface area contributed by atoms with Crippen molar-refractivity contribution in [3.8, 4) is 17.2 Å². The van der Waals surface area contributed by atoms with Crippen LogP contribution in [0.4, 0.5) is 0 Å². The maximum Gasteiger partial charge on any atom is 0.224 e. The minimum atomic E-state index is 0.0517. The zero-order chi connectivity index (χ0) is 15.9. The molecule has 1 aliphatic heterocycles. The first-order valence-electron chi connectivity index (χ1n) is 7.47. The average Bonchev–Trinajstić information content (AvgIpc) is 2.59. The molecule has 1 atom stereocenters. The molecule has 0 saturated carbocycles. The SMILES string of the molecule is COc1cc(CNC(=O)[C@@H]2CCCNC2)cc(OC)c1OC. The summed E-state index contributed by atoms with van der Waals surface area (Å²) in [5, 5.41) is 6.23. The van der Waals surface area contributed by atoms with Gasteiger partial charge in [-0.05, 0) is 37.1 Å². The third kappa shape index (κ3) is 3.82. The molecule has 6 nitrogen and oxygen atoms in total. The largest absolute Gasteiger partial charge is 0.493 e. The van der Waals surface area contributed by atoms with Crippen LogP contribution < -0.4 is 24.8 Å². The molecule has 0 spiro atoms. The van der Waals surface area contributed by atoms with Crippen molar-refractivity contribution in [2.24, 2.45) is 5.92 Å². The minimum absolute atomic E-state index is 0.0517. The Balaban J connectivity index is 2.04. The Bertz CT molecular complexity index is 488. The second-order valence-electron chi connectivity index (χ2n) is 5.29. The lowest BCUT2D eigenvalue weighted by molar-refractivity contribution is -0.125. The highest BCUT2D eigenvalue weighted by Gasteiger charge is 2.21. The smallest absolute Gasteiger partial charge is 0.224 e. The molecule has 0 aliphatic carbocycles.